The lowest BCUT2D eigenvalue weighted by molar-refractivity contribution is -0.131. The van der Waals surface area contributed by atoms with Gasteiger partial charge in [0.15, 0.2) is 5.84 Å². The second kappa shape index (κ2) is 5.05. The molecule has 19 heavy (non-hydrogen) atoms. The normalized spacial score (nSPS) is 22.2. The Morgan fingerprint density at radius 3 is 2.84 bits per heavy atom. The lowest BCUT2D eigenvalue weighted by Gasteiger charge is -2.31. The molecule has 3 rings (SSSR count). The third-order valence-corrected chi connectivity index (χ3v) is 3.68. The number of carbonyl (C=O) groups is 1. The fraction of sp³-hybridized carbons (Fsp3) is 0.538. The number of rotatable bonds is 3. The summed E-state index contributed by atoms with van der Waals surface area (Å²) in [5.74, 6) is 1.56. The van der Waals surface area contributed by atoms with Gasteiger partial charge in [-0.15, -0.1) is 0 Å². The molecule has 1 amide bonds. The van der Waals surface area contributed by atoms with Crippen LogP contribution < -0.4 is 0 Å². The summed E-state index contributed by atoms with van der Waals surface area (Å²) >= 11 is 0. The summed E-state index contributed by atoms with van der Waals surface area (Å²) < 4.78 is 0. The van der Waals surface area contributed by atoms with Crippen molar-refractivity contribution >= 4 is 23.3 Å². The maximum Gasteiger partial charge on any atom is 0.230 e. The Balaban J connectivity index is 1.56. The van der Waals surface area contributed by atoms with Crippen molar-refractivity contribution in [2.75, 3.05) is 19.7 Å². The van der Waals surface area contributed by atoms with E-state index < -0.39 is 0 Å². The fourth-order valence-corrected chi connectivity index (χ4v) is 2.47. The van der Waals surface area contributed by atoms with Crippen LogP contribution in [0.5, 0.6) is 0 Å². The van der Waals surface area contributed by atoms with Crippen molar-refractivity contribution in [1.29, 1.82) is 0 Å². The van der Waals surface area contributed by atoms with E-state index in [4.69, 9.17) is 5.11 Å². The number of nitrogens with zero attached hydrogens (tertiary/aromatic N) is 4. The van der Waals surface area contributed by atoms with E-state index in [0.717, 1.165) is 31.6 Å². The van der Waals surface area contributed by atoms with Gasteiger partial charge in [-0.1, -0.05) is 0 Å². The van der Waals surface area contributed by atoms with Crippen LogP contribution in [0.25, 0.3) is 0 Å². The quantitative estimate of drug-likeness (QED) is 0.796. The average molecular weight is 260 g/mol. The van der Waals surface area contributed by atoms with E-state index in [9.17, 15) is 4.79 Å². The molecular formula is C13H16N4O2. The van der Waals surface area contributed by atoms with Gasteiger partial charge < -0.3 is 10.0 Å². The molecule has 3 aliphatic rings. The van der Waals surface area contributed by atoms with Crippen LogP contribution >= 0.6 is 0 Å². The maximum atomic E-state index is 12.1. The van der Waals surface area contributed by atoms with Crippen molar-refractivity contribution in [1.82, 2.24) is 4.90 Å². The van der Waals surface area contributed by atoms with Gasteiger partial charge >= 0.3 is 0 Å². The van der Waals surface area contributed by atoms with Crippen LogP contribution in [0.1, 0.15) is 19.3 Å². The number of piperidine rings is 1. The Morgan fingerprint density at radius 2 is 2.16 bits per heavy atom. The van der Waals surface area contributed by atoms with Crippen molar-refractivity contribution in [2.24, 2.45) is 20.9 Å². The SMILES string of the molecule is O=C(CC1=NC2=NC=CC2=N1)N1CCC(CO)CC1. The Morgan fingerprint density at radius 1 is 1.37 bits per heavy atom. The molecule has 6 heteroatoms. The van der Waals surface area contributed by atoms with Crippen LogP contribution in [0.15, 0.2) is 27.3 Å². The Labute approximate surface area is 111 Å². The van der Waals surface area contributed by atoms with Crippen molar-refractivity contribution < 1.29 is 9.90 Å². The molecule has 0 unspecified atom stereocenters. The number of fused-ring (bicyclic) bond motifs is 1. The first-order valence-electron chi connectivity index (χ1n) is 6.56. The molecule has 0 aromatic carbocycles. The molecular weight excluding hydrogens is 244 g/mol. The third-order valence-electron chi connectivity index (χ3n) is 3.68. The molecule has 0 aromatic heterocycles. The molecule has 100 valence electrons. The standard InChI is InChI=1S/C13H16N4O2/c18-8-9-2-5-17(6-3-9)12(19)7-11-15-10-1-4-14-13(10)16-11/h1,4,9,18H,2-3,5-8H2. The third kappa shape index (κ3) is 2.49. The monoisotopic (exact) mass is 260 g/mol. The van der Waals surface area contributed by atoms with E-state index >= 15 is 0 Å². The molecule has 0 saturated carbocycles. The predicted molar refractivity (Wildman–Crippen MR) is 72.5 cm³/mol. The summed E-state index contributed by atoms with van der Waals surface area (Å²) in [7, 11) is 0. The number of likely N-dealkylation sites (tertiary alicyclic amines) is 1. The van der Waals surface area contributed by atoms with E-state index in [2.05, 4.69) is 15.0 Å². The highest BCUT2D eigenvalue weighted by molar-refractivity contribution is 6.53. The smallest absolute Gasteiger partial charge is 0.230 e. The highest BCUT2D eigenvalue weighted by Gasteiger charge is 2.25. The van der Waals surface area contributed by atoms with E-state index in [0.29, 0.717) is 17.6 Å². The number of aliphatic imine (C=N–C) groups is 3. The van der Waals surface area contributed by atoms with Gasteiger partial charge in [0.25, 0.3) is 0 Å². The molecule has 6 nitrogen and oxygen atoms in total. The van der Waals surface area contributed by atoms with Gasteiger partial charge in [0, 0.05) is 25.9 Å². The van der Waals surface area contributed by atoms with Gasteiger partial charge in [-0.2, -0.15) is 0 Å². The minimum Gasteiger partial charge on any atom is -0.396 e. The zero-order valence-corrected chi connectivity index (χ0v) is 10.6. The Kier molecular flexibility index (Phi) is 3.25. The van der Waals surface area contributed by atoms with Crippen molar-refractivity contribution in [3.63, 3.8) is 0 Å². The second-order valence-corrected chi connectivity index (χ2v) is 4.98. The van der Waals surface area contributed by atoms with Crippen LogP contribution in [0.2, 0.25) is 0 Å². The van der Waals surface area contributed by atoms with Crippen LogP contribution in [-0.4, -0.2) is 53.0 Å². The molecule has 1 N–H and O–H groups in total. The lowest BCUT2D eigenvalue weighted by Crippen LogP contribution is -2.39. The first-order valence-corrected chi connectivity index (χ1v) is 6.56. The minimum absolute atomic E-state index is 0.0593. The van der Waals surface area contributed by atoms with Gasteiger partial charge in [0.1, 0.15) is 11.5 Å². The zero-order chi connectivity index (χ0) is 13.2. The van der Waals surface area contributed by atoms with E-state index in [1.807, 2.05) is 4.90 Å². The molecule has 1 fully saturated rings. The summed E-state index contributed by atoms with van der Waals surface area (Å²) in [6.45, 7) is 1.65. The molecule has 3 aliphatic heterocycles. The molecule has 0 bridgehead atoms. The molecule has 3 heterocycles. The molecule has 0 aromatic rings. The first-order chi connectivity index (χ1) is 9.26. The number of hydrogen-bond acceptors (Lipinski definition) is 5. The molecule has 0 radical (unpaired) electrons. The Bertz CT molecular complexity index is 511. The van der Waals surface area contributed by atoms with Crippen LogP contribution in [0.4, 0.5) is 0 Å². The summed E-state index contributed by atoms with van der Waals surface area (Å²) in [4.78, 5) is 26.5. The van der Waals surface area contributed by atoms with Gasteiger partial charge in [0.2, 0.25) is 5.91 Å². The van der Waals surface area contributed by atoms with Gasteiger partial charge in [-0.3, -0.25) is 4.79 Å². The number of amides is 1. The van der Waals surface area contributed by atoms with Gasteiger partial charge in [-0.05, 0) is 24.8 Å². The van der Waals surface area contributed by atoms with Crippen molar-refractivity contribution in [3.8, 4) is 0 Å². The second-order valence-electron chi connectivity index (χ2n) is 4.98. The Hall–Kier alpha value is -1.82. The molecule has 0 atom stereocenters. The maximum absolute atomic E-state index is 12.1. The van der Waals surface area contributed by atoms with E-state index in [1.165, 1.54) is 0 Å². The van der Waals surface area contributed by atoms with Crippen LogP contribution in [-0.2, 0) is 4.79 Å². The van der Waals surface area contributed by atoms with Gasteiger partial charge in [-0.25, -0.2) is 15.0 Å². The molecule has 1 saturated heterocycles. The van der Waals surface area contributed by atoms with Crippen LogP contribution in [0.3, 0.4) is 0 Å². The summed E-state index contributed by atoms with van der Waals surface area (Å²) in [5.41, 5.74) is 0.752. The highest BCUT2D eigenvalue weighted by Crippen LogP contribution is 2.18. The van der Waals surface area contributed by atoms with E-state index in [1.54, 1.807) is 12.3 Å². The minimum atomic E-state index is 0.0593. The highest BCUT2D eigenvalue weighted by atomic mass is 16.3. The fourth-order valence-electron chi connectivity index (χ4n) is 2.47. The summed E-state index contributed by atoms with van der Waals surface area (Å²) in [6, 6.07) is 0. The predicted octanol–water partition coefficient (Wildman–Crippen LogP) is 0.386. The number of hydrogen-bond donors (Lipinski definition) is 1. The number of amidine groups is 2. The van der Waals surface area contributed by atoms with Crippen molar-refractivity contribution in [3.05, 3.63) is 12.3 Å². The largest absolute Gasteiger partial charge is 0.396 e. The average Bonchev–Trinajstić information content (AvgIpc) is 2.99. The van der Waals surface area contributed by atoms with E-state index in [-0.39, 0.29) is 18.9 Å². The number of aliphatic hydroxyl groups excluding tert-OH is 1. The summed E-state index contributed by atoms with van der Waals surface area (Å²) in [6.07, 6.45) is 5.44. The van der Waals surface area contributed by atoms with Gasteiger partial charge in [0.05, 0.1) is 6.42 Å². The summed E-state index contributed by atoms with van der Waals surface area (Å²) in [5, 5.41) is 9.08. The van der Waals surface area contributed by atoms with Crippen molar-refractivity contribution in [2.45, 2.75) is 19.3 Å². The molecule has 0 spiro atoms. The topological polar surface area (TPSA) is 77.6 Å². The molecule has 0 aliphatic carbocycles. The van der Waals surface area contributed by atoms with Crippen LogP contribution in [0, 0.1) is 5.92 Å². The zero-order valence-electron chi connectivity index (χ0n) is 10.6. The lowest BCUT2D eigenvalue weighted by atomic mass is 9.98. The number of carbonyl (C=O) groups excluding carboxylic acids is 1. The number of aliphatic hydroxyl groups is 1. The first kappa shape index (κ1) is 12.2.